The number of rotatable bonds is 2. The first kappa shape index (κ1) is 14.3. The highest BCUT2D eigenvalue weighted by molar-refractivity contribution is 5.48. The Morgan fingerprint density at radius 2 is 2.12 bits per heavy atom. The van der Waals surface area contributed by atoms with Crippen molar-refractivity contribution in [1.29, 1.82) is 0 Å². The van der Waals surface area contributed by atoms with Crippen molar-refractivity contribution in [3.05, 3.63) is 41.5 Å². The van der Waals surface area contributed by atoms with Crippen LogP contribution in [0.25, 0.3) is 0 Å². The second-order valence-corrected chi connectivity index (χ2v) is 6.70. The molecule has 0 aliphatic carbocycles. The molecular formula is C18H21N3O3. The van der Waals surface area contributed by atoms with Crippen LogP contribution in [0.4, 0.5) is 0 Å². The maximum absolute atomic E-state index is 5.71. The summed E-state index contributed by atoms with van der Waals surface area (Å²) >= 11 is 0. The van der Waals surface area contributed by atoms with E-state index in [-0.39, 0.29) is 5.54 Å². The Hall–Kier alpha value is -2.05. The highest BCUT2D eigenvalue weighted by atomic mass is 16.7. The molecule has 6 heteroatoms. The average molecular weight is 327 g/mol. The van der Waals surface area contributed by atoms with Gasteiger partial charge in [-0.15, -0.1) is 0 Å². The van der Waals surface area contributed by atoms with Crippen LogP contribution >= 0.6 is 0 Å². The van der Waals surface area contributed by atoms with E-state index >= 15 is 0 Å². The molecule has 3 aliphatic rings. The summed E-state index contributed by atoms with van der Waals surface area (Å²) in [6.45, 7) is 3.75. The monoisotopic (exact) mass is 327 g/mol. The zero-order valence-corrected chi connectivity index (χ0v) is 13.6. The van der Waals surface area contributed by atoms with Gasteiger partial charge >= 0.3 is 0 Å². The molecule has 1 aromatic carbocycles. The van der Waals surface area contributed by atoms with Crippen LogP contribution in [0.5, 0.6) is 11.5 Å². The number of para-hydroxylation sites is 1. The Morgan fingerprint density at radius 1 is 1.21 bits per heavy atom. The van der Waals surface area contributed by atoms with E-state index in [4.69, 9.17) is 14.2 Å². The van der Waals surface area contributed by atoms with E-state index in [1.165, 1.54) is 17.0 Å². The molecule has 0 unspecified atom stereocenters. The Kier molecular flexibility index (Phi) is 3.28. The third-order valence-corrected chi connectivity index (χ3v) is 5.56. The van der Waals surface area contributed by atoms with Crippen molar-refractivity contribution in [2.45, 2.75) is 31.3 Å². The van der Waals surface area contributed by atoms with E-state index in [1.807, 2.05) is 18.5 Å². The summed E-state index contributed by atoms with van der Waals surface area (Å²) in [5.74, 6) is 1.75. The Bertz CT molecular complexity index is 752. The number of H-pyrrole nitrogens is 1. The number of nitrogens with one attached hydrogen (secondary N) is 1. The SMILES string of the molecule is c1cc(CN2CCc3[nH]cnc3C23CCOCC3)c2c(c1)OCO2. The molecule has 0 saturated carbocycles. The van der Waals surface area contributed by atoms with E-state index in [2.05, 4.69) is 20.9 Å². The van der Waals surface area contributed by atoms with E-state index < -0.39 is 0 Å². The summed E-state index contributed by atoms with van der Waals surface area (Å²) in [6.07, 6.45) is 4.81. The minimum Gasteiger partial charge on any atom is -0.454 e. The number of hydrogen-bond donors (Lipinski definition) is 1. The summed E-state index contributed by atoms with van der Waals surface area (Å²) in [6, 6.07) is 6.15. The molecule has 1 saturated heterocycles. The lowest BCUT2D eigenvalue weighted by Gasteiger charge is -2.48. The number of fused-ring (bicyclic) bond motifs is 3. The van der Waals surface area contributed by atoms with E-state index in [1.54, 1.807) is 0 Å². The van der Waals surface area contributed by atoms with Crippen LogP contribution in [-0.4, -0.2) is 41.4 Å². The molecule has 24 heavy (non-hydrogen) atoms. The van der Waals surface area contributed by atoms with Crippen LogP contribution in [0, 0.1) is 0 Å². The average Bonchev–Trinajstić information content (AvgIpc) is 3.28. The summed E-state index contributed by atoms with van der Waals surface area (Å²) in [7, 11) is 0. The topological polar surface area (TPSA) is 59.6 Å². The predicted octanol–water partition coefficient (Wildman–Crippen LogP) is 2.20. The number of imidazole rings is 1. The molecule has 0 radical (unpaired) electrons. The fourth-order valence-electron chi connectivity index (χ4n) is 4.34. The zero-order valence-electron chi connectivity index (χ0n) is 13.6. The van der Waals surface area contributed by atoms with E-state index in [0.717, 1.165) is 57.1 Å². The number of ether oxygens (including phenoxy) is 3. The van der Waals surface area contributed by atoms with Crippen molar-refractivity contribution in [2.24, 2.45) is 0 Å². The predicted molar refractivity (Wildman–Crippen MR) is 87.0 cm³/mol. The van der Waals surface area contributed by atoms with Crippen molar-refractivity contribution in [2.75, 3.05) is 26.6 Å². The van der Waals surface area contributed by atoms with Crippen LogP contribution in [0.3, 0.4) is 0 Å². The normalized spacial score (nSPS) is 21.8. The molecule has 1 fully saturated rings. The minimum atomic E-state index is -0.0337. The molecule has 5 rings (SSSR count). The second-order valence-electron chi connectivity index (χ2n) is 6.70. The van der Waals surface area contributed by atoms with Crippen LogP contribution in [0.2, 0.25) is 0 Å². The molecule has 3 aliphatic heterocycles. The van der Waals surface area contributed by atoms with Gasteiger partial charge in [-0.3, -0.25) is 4.90 Å². The molecular weight excluding hydrogens is 306 g/mol. The van der Waals surface area contributed by atoms with Gasteiger partial charge in [-0.1, -0.05) is 12.1 Å². The van der Waals surface area contributed by atoms with Crippen LogP contribution in [0.1, 0.15) is 29.8 Å². The molecule has 1 spiro atoms. The highest BCUT2D eigenvalue weighted by Gasteiger charge is 2.45. The molecule has 2 aromatic rings. The summed E-state index contributed by atoms with van der Waals surface area (Å²) in [4.78, 5) is 10.6. The third kappa shape index (κ3) is 2.06. The number of hydrogen-bond acceptors (Lipinski definition) is 5. The molecule has 4 heterocycles. The van der Waals surface area contributed by atoms with Gasteiger partial charge in [0.2, 0.25) is 6.79 Å². The van der Waals surface area contributed by atoms with Crippen molar-refractivity contribution in [1.82, 2.24) is 14.9 Å². The molecule has 0 amide bonds. The molecule has 126 valence electrons. The number of benzene rings is 1. The Labute approximate surface area is 140 Å². The summed E-state index contributed by atoms with van der Waals surface area (Å²) in [5, 5.41) is 0. The fraction of sp³-hybridized carbons (Fsp3) is 0.500. The number of aromatic amines is 1. The van der Waals surface area contributed by atoms with Gasteiger partial charge < -0.3 is 19.2 Å². The van der Waals surface area contributed by atoms with Gasteiger partial charge in [-0.05, 0) is 18.9 Å². The number of nitrogens with zero attached hydrogens (tertiary/aromatic N) is 2. The quantitative estimate of drug-likeness (QED) is 0.916. The van der Waals surface area contributed by atoms with Crippen LogP contribution in [0.15, 0.2) is 24.5 Å². The lowest BCUT2D eigenvalue weighted by molar-refractivity contribution is -0.0452. The third-order valence-electron chi connectivity index (χ3n) is 5.56. The zero-order chi connectivity index (χ0) is 16.0. The van der Waals surface area contributed by atoms with Gasteiger partial charge in [-0.25, -0.2) is 4.98 Å². The van der Waals surface area contributed by atoms with Crippen molar-refractivity contribution in [3.63, 3.8) is 0 Å². The Morgan fingerprint density at radius 3 is 3.04 bits per heavy atom. The first-order valence-electron chi connectivity index (χ1n) is 8.60. The van der Waals surface area contributed by atoms with Crippen molar-refractivity contribution in [3.8, 4) is 11.5 Å². The van der Waals surface area contributed by atoms with Gasteiger partial charge in [0.15, 0.2) is 11.5 Å². The van der Waals surface area contributed by atoms with E-state index in [0.29, 0.717) is 6.79 Å². The standard InChI is InChI=1S/C18H21N3O3/c1-2-13(16-15(3-1)23-12-24-16)10-21-7-4-14-17(20-11-19-14)18(21)5-8-22-9-6-18/h1-3,11H,4-10,12H2,(H,19,20). The fourth-order valence-corrected chi connectivity index (χ4v) is 4.34. The second kappa shape index (κ2) is 5.50. The molecule has 6 nitrogen and oxygen atoms in total. The van der Waals surface area contributed by atoms with Gasteiger partial charge in [0.25, 0.3) is 0 Å². The smallest absolute Gasteiger partial charge is 0.231 e. The first-order chi connectivity index (χ1) is 11.9. The maximum Gasteiger partial charge on any atom is 0.231 e. The van der Waals surface area contributed by atoms with Gasteiger partial charge in [0.05, 0.1) is 17.6 Å². The minimum absolute atomic E-state index is 0.0337. The van der Waals surface area contributed by atoms with Crippen LogP contribution in [-0.2, 0) is 23.2 Å². The Balaban J connectivity index is 1.52. The summed E-state index contributed by atoms with van der Waals surface area (Å²) in [5.41, 5.74) is 3.65. The van der Waals surface area contributed by atoms with Crippen molar-refractivity contribution >= 4 is 0 Å². The lowest BCUT2D eigenvalue weighted by atomic mass is 9.80. The highest BCUT2D eigenvalue weighted by Crippen LogP contribution is 2.44. The van der Waals surface area contributed by atoms with Crippen molar-refractivity contribution < 1.29 is 14.2 Å². The maximum atomic E-state index is 5.71. The van der Waals surface area contributed by atoms with Gasteiger partial charge in [0.1, 0.15) is 0 Å². The lowest BCUT2D eigenvalue weighted by Crippen LogP contribution is -2.53. The summed E-state index contributed by atoms with van der Waals surface area (Å²) < 4.78 is 16.9. The number of aromatic nitrogens is 2. The molecule has 0 atom stereocenters. The molecule has 0 bridgehead atoms. The molecule has 1 N–H and O–H groups in total. The van der Waals surface area contributed by atoms with Gasteiger partial charge in [0, 0.05) is 44.0 Å². The molecule has 1 aromatic heterocycles. The van der Waals surface area contributed by atoms with E-state index in [9.17, 15) is 0 Å². The van der Waals surface area contributed by atoms with Crippen LogP contribution < -0.4 is 9.47 Å². The largest absolute Gasteiger partial charge is 0.454 e. The first-order valence-corrected chi connectivity index (χ1v) is 8.60. The van der Waals surface area contributed by atoms with Gasteiger partial charge in [-0.2, -0.15) is 0 Å².